The molecule has 0 atom stereocenters. The minimum atomic E-state index is -1.25. The van der Waals surface area contributed by atoms with Gasteiger partial charge in [-0.1, -0.05) is 25.4 Å². The maximum absolute atomic E-state index is 13.6. The Kier molecular flexibility index (Phi) is 4.13. The van der Waals surface area contributed by atoms with Crippen LogP contribution in [0.25, 0.3) is 0 Å². The smallest absolute Gasteiger partial charge is 0.161 e. The van der Waals surface area contributed by atoms with Crippen molar-refractivity contribution in [1.29, 1.82) is 0 Å². The molecule has 7 heteroatoms. The van der Waals surface area contributed by atoms with Crippen molar-refractivity contribution in [2.24, 2.45) is 0 Å². The van der Waals surface area contributed by atoms with Crippen LogP contribution >= 0.6 is 11.6 Å². The largest absolute Gasteiger partial charge is 0.337 e. The summed E-state index contributed by atoms with van der Waals surface area (Å²) in [5.74, 6) is -3.10. The van der Waals surface area contributed by atoms with E-state index < -0.39 is 17.5 Å². The fraction of sp³-hybridized carbons (Fsp3) is 0.231. The molecule has 0 bridgehead atoms. The molecule has 3 nitrogen and oxygen atoms in total. The first-order chi connectivity index (χ1) is 9.40. The van der Waals surface area contributed by atoms with Gasteiger partial charge in [-0.25, -0.2) is 23.1 Å². The van der Waals surface area contributed by atoms with Gasteiger partial charge in [0.15, 0.2) is 11.6 Å². The molecule has 0 radical (unpaired) electrons. The van der Waals surface area contributed by atoms with Gasteiger partial charge in [0.2, 0.25) is 0 Å². The Hall–Kier alpha value is -1.82. The molecule has 0 saturated heterocycles. The standard InChI is InChI=1S/C13H11ClF3N3/c1-6(2)11-12(14)18-5-19-13(11)20-10-4-8(16)7(15)3-9(10)17/h3-6H,1-2H3,(H,18,19,20). The van der Waals surface area contributed by atoms with Crippen molar-refractivity contribution in [3.05, 3.63) is 46.6 Å². The van der Waals surface area contributed by atoms with Crippen molar-refractivity contribution in [2.75, 3.05) is 5.32 Å². The molecule has 2 aromatic rings. The van der Waals surface area contributed by atoms with Crippen LogP contribution in [0.3, 0.4) is 0 Å². The first-order valence-corrected chi connectivity index (χ1v) is 6.20. The van der Waals surface area contributed by atoms with Gasteiger partial charge in [0.25, 0.3) is 0 Å². The lowest BCUT2D eigenvalue weighted by Gasteiger charge is -2.14. The number of hydrogen-bond donors (Lipinski definition) is 1. The molecule has 0 saturated carbocycles. The maximum atomic E-state index is 13.6. The van der Waals surface area contributed by atoms with Crippen LogP contribution in [0.2, 0.25) is 5.15 Å². The highest BCUT2D eigenvalue weighted by Crippen LogP contribution is 2.31. The Morgan fingerprint density at radius 1 is 1.05 bits per heavy atom. The molecule has 1 heterocycles. The first kappa shape index (κ1) is 14.6. The highest BCUT2D eigenvalue weighted by atomic mass is 35.5. The molecule has 0 aliphatic rings. The molecule has 2 rings (SSSR count). The summed E-state index contributed by atoms with van der Waals surface area (Å²) in [6.07, 6.45) is 1.20. The molecule has 1 aromatic heterocycles. The molecule has 1 aromatic carbocycles. The third-order valence-electron chi connectivity index (χ3n) is 2.68. The lowest BCUT2D eigenvalue weighted by molar-refractivity contribution is 0.496. The van der Waals surface area contributed by atoms with Crippen LogP contribution in [-0.4, -0.2) is 9.97 Å². The summed E-state index contributed by atoms with van der Waals surface area (Å²) in [4.78, 5) is 7.80. The molecule has 0 unspecified atom stereocenters. The van der Waals surface area contributed by atoms with Gasteiger partial charge in [-0.2, -0.15) is 0 Å². The van der Waals surface area contributed by atoms with E-state index in [9.17, 15) is 13.2 Å². The number of nitrogens with one attached hydrogen (secondary N) is 1. The Morgan fingerprint density at radius 3 is 2.35 bits per heavy atom. The van der Waals surface area contributed by atoms with Crippen molar-refractivity contribution >= 4 is 23.1 Å². The molecular formula is C13H11ClF3N3. The SMILES string of the molecule is CC(C)c1c(Cl)ncnc1Nc1cc(F)c(F)cc1F. The normalized spacial score (nSPS) is 10.9. The third kappa shape index (κ3) is 2.85. The number of hydrogen-bond acceptors (Lipinski definition) is 3. The van der Waals surface area contributed by atoms with E-state index in [4.69, 9.17) is 11.6 Å². The summed E-state index contributed by atoms with van der Waals surface area (Å²) in [6, 6.07) is 1.19. The van der Waals surface area contributed by atoms with E-state index in [0.29, 0.717) is 11.6 Å². The zero-order chi connectivity index (χ0) is 14.9. The molecule has 0 amide bonds. The molecule has 20 heavy (non-hydrogen) atoms. The number of rotatable bonds is 3. The second-order valence-electron chi connectivity index (χ2n) is 4.45. The van der Waals surface area contributed by atoms with Crippen LogP contribution in [0, 0.1) is 17.5 Å². The number of nitrogens with zero attached hydrogens (tertiary/aromatic N) is 2. The van der Waals surface area contributed by atoms with Gasteiger partial charge in [-0.3, -0.25) is 0 Å². The molecule has 0 aliphatic heterocycles. The van der Waals surface area contributed by atoms with E-state index in [0.717, 1.165) is 6.07 Å². The molecule has 0 fully saturated rings. The van der Waals surface area contributed by atoms with Gasteiger partial charge in [-0.05, 0) is 5.92 Å². The predicted octanol–water partition coefficient (Wildman–Crippen LogP) is 4.41. The number of aromatic nitrogens is 2. The molecule has 0 spiro atoms. The number of benzene rings is 1. The molecular weight excluding hydrogens is 291 g/mol. The van der Waals surface area contributed by atoms with E-state index in [1.807, 2.05) is 13.8 Å². The molecule has 0 aliphatic carbocycles. The lowest BCUT2D eigenvalue weighted by atomic mass is 10.1. The molecule has 106 valence electrons. The zero-order valence-corrected chi connectivity index (χ0v) is 11.5. The predicted molar refractivity (Wildman–Crippen MR) is 70.7 cm³/mol. The Bertz CT molecular complexity index is 647. The number of halogens is 4. The van der Waals surface area contributed by atoms with E-state index in [1.165, 1.54) is 6.33 Å². The number of anilines is 2. The van der Waals surface area contributed by atoms with Crippen LogP contribution in [0.1, 0.15) is 25.3 Å². The van der Waals surface area contributed by atoms with Crippen LogP contribution in [0.15, 0.2) is 18.5 Å². The van der Waals surface area contributed by atoms with Gasteiger partial charge in [0.05, 0.1) is 5.69 Å². The van der Waals surface area contributed by atoms with E-state index in [-0.39, 0.29) is 22.6 Å². The van der Waals surface area contributed by atoms with Crippen LogP contribution < -0.4 is 5.32 Å². The van der Waals surface area contributed by atoms with Crippen LogP contribution in [-0.2, 0) is 0 Å². The van der Waals surface area contributed by atoms with E-state index >= 15 is 0 Å². The lowest BCUT2D eigenvalue weighted by Crippen LogP contribution is -2.05. The van der Waals surface area contributed by atoms with Gasteiger partial charge in [0.1, 0.15) is 23.1 Å². The second-order valence-corrected chi connectivity index (χ2v) is 4.81. The quantitative estimate of drug-likeness (QED) is 0.674. The monoisotopic (exact) mass is 301 g/mol. The summed E-state index contributed by atoms with van der Waals surface area (Å²) in [7, 11) is 0. The second kappa shape index (κ2) is 5.66. The average Bonchev–Trinajstić information content (AvgIpc) is 2.35. The first-order valence-electron chi connectivity index (χ1n) is 5.82. The van der Waals surface area contributed by atoms with E-state index in [1.54, 1.807) is 0 Å². The summed E-state index contributed by atoms with van der Waals surface area (Å²) in [5.41, 5.74) is 0.346. The van der Waals surface area contributed by atoms with Crippen molar-refractivity contribution in [3.8, 4) is 0 Å². The topological polar surface area (TPSA) is 37.8 Å². The minimum Gasteiger partial charge on any atom is -0.337 e. The van der Waals surface area contributed by atoms with Crippen LogP contribution in [0.4, 0.5) is 24.7 Å². The summed E-state index contributed by atoms with van der Waals surface area (Å²) in [5, 5.41) is 2.84. The summed E-state index contributed by atoms with van der Waals surface area (Å²) < 4.78 is 39.6. The molecule has 1 N–H and O–H groups in total. The van der Waals surface area contributed by atoms with Gasteiger partial charge in [0, 0.05) is 17.7 Å². The summed E-state index contributed by atoms with van der Waals surface area (Å²) >= 11 is 5.97. The van der Waals surface area contributed by atoms with Gasteiger partial charge >= 0.3 is 0 Å². The fourth-order valence-electron chi connectivity index (χ4n) is 1.73. The van der Waals surface area contributed by atoms with Crippen molar-refractivity contribution in [3.63, 3.8) is 0 Å². The van der Waals surface area contributed by atoms with Crippen molar-refractivity contribution < 1.29 is 13.2 Å². The highest BCUT2D eigenvalue weighted by Gasteiger charge is 2.16. The Morgan fingerprint density at radius 2 is 1.70 bits per heavy atom. The average molecular weight is 302 g/mol. The third-order valence-corrected chi connectivity index (χ3v) is 2.98. The Labute approximate surface area is 118 Å². The van der Waals surface area contributed by atoms with Crippen LogP contribution in [0.5, 0.6) is 0 Å². The van der Waals surface area contributed by atoms with Gasteiger partial charge in [-0.15, -0.1) is 0 Å². The van der Waals surface area contributed by atoms with Gasteiger partial charge < -0.3 is 5.32 Å². The summed E-state index contributed by atoms with van der Waals surface area (Å²) in [6.45, 7) is 3.72. The Balaban J connectivity index is 2.45. The van der Waals surface area contributed by atoms with Crippen molar-refractivity contribution in [1.82, 2.24) is 9.97 Å². The minimum absolute atomic E-state index is 0.0282. The highest BCUT2D eigenvalue weighted by molar-refractivity contribution is 6.30. The van der Waals surface area contributed by atoms with Crippen molar-refractivity contribution in [2.45, 2.75) is 19.8 Å². The zero-order valence-electron chi connectivity index (χ0n) is 10.7. The van der Waals surface area contributed by atoms with E-state index in [2.05, 4.69) is 15.3 Å². The maximum Gasteiger partial charge on any atom is 0.161 e. The fourth-order valence-corrected chi connectivity index (χ4v) is 2.08.